The zero-order chi connectivity index (χ0) is 59.4. The van der Waals surface area contributed by atoms with Crippen LogP contribution in [0.4, 0.5) is 0 Å². The summed E-state index contributed by atoms with van der Waals surface area (Å²) >= 11 is 0. The molecule has 11 rings (SSSR count). The van der Waals surface area contributed by atoms with E-state index in [0.717, 1.165) is 38.5 Å². The molecule has 0 spiro atoms. The van der Waals surface area contributed by atoms with Crippen LogP contribution in [0.15, 0.2) is 188 Å². The fraction of sp³-hybridized carbons (Fsp3) is 0.194. The second-order valence-electron chi connectivity index (χ2n) is 20.1. The fourth-order valence-electron chi connectivity index (χ4n) is 9.66. The number of pyridine rings is 1. The summed E-state index contributed by atoms with van der Waals surface area (Å²) in [5, 5.41) is 1.96. The monoisotopic (exact) mass is 1140 g/mol. The van der Waals surface area contributed by atoms with Crippen molar-refractivity contribution in [1.82, 2.24) is 14.1 Å². The number of aromatic nitrogens is 4. The molecule has 11 aromatic rings. The van der Waals surface area contributed by atoms with Gasteiger partial charge in [0.2, 0.25) is 0 Å². The molecule has 5 nitrogen and oxygen atoms in total. The van der Waals surface area contributed by atoms with Crippen LogP contribution in [0.3, 0.4) is 0 Å². The number of nitrogens with zero attached hydrogens (tertiary/aromatic N) is 4. The number of fused-ring (bicyclic) bond motifs is 4. The van der Waals surface area contributed by atoms with Crippen molar-refractivity contribution < 1.29 is 45.4 Å². The van der Waals surface area contributed by atoms with E-state index >= 15 is 0 Å². The molecule has 0 saturated carbocycles. The minimum Gasteiger partial charge on any atom is -0.510 e. The second-order valence-corrected chi connectivity index (χ2v) is 20.1. The van der Waals surface area contributed by atoms with Gasteiger partial charge in [-0.1, -0.05) is 200 Å². The fourth-order valence-corrected chi connectivity index (χ4v) is 9.66. The normalized spacial score (nSPS) is 14.2. The topological polar surface area (TPSA) is 35.9 Å². The molecule has 0 aliphatic carbocycles. The maximum Gasteiger partial charge on any atom is 0.268 e. The van der Waals surface area contributed by atoms with Gasteiger partial charge in [-0.2, -0.15) is 18.2 Å². The third kappa shape index (κ3) is 9.37. The molecular formula is C67H60N4OPt-2. The minimum absolute atomic E-state index is 0. The smallest absolute Gasteiger partial charge is 0.268 e. The van der Waals surface area contributed by atoms with Crippen LogP contribution in [-0.2, 0) is 31.9 Å². The SMILES string of the molecule is [2H]c1c([2H])c([2H])c(-c2cccc(-c3c([2H])c([2H])c([2H])c([2H])c3[2H])c2-[n+]2[c-]n(-c3[c-]c(Oc4[c-]c5c(cc4)c4cc(C(C)(C)C)ccc4n5-c4cc(C([2H])(CC)CC)c(-c5ccc(C(C)(C)C)cc5)cn4)ccc3)c3ccccc32)c([2H])c1[2H].[Pt]. The van der Waals surface area contributed by atoms with Gasteiger partial charge in [-0.3, -0.25) is 4.57 Å². The summed E-state index contributed by atoms with van der Waals surface area (Å²) in [5.74, 6) is 0.464. The molecule has 0 aliphatic heterocycles. The van der Waals surface area contributed by atoms with Gasteiger partial charge in [0, 0.05) is 51.2 Å². The first-order valence-electron chi connectivity index (χ1n) is 29.9. The van der Waals surface area contributed by atoms with E-state index in [9.17, 15) is 1.37 Å². The average molecular weight is 1140 g/mol. The molecule has 8 aromatic carbocycles. The van der Waals surface area contributed by atoms with Crippen LogP contribution in [0.25, 0.3) is 83.4 Å². The maximum atomic E-state index is 9.89. The van der Waals surface area contributed by atoms with Crippen LogP contribution in [0.2, 0.25) is 0 Å². The first-order chi connectivity index (χ1) is 39.4. The Morgan fingerprint density at radius 2 is 1.25 bits per heavy atom. The molecule has 366 valence electrons. The maximum absolute atomic E-state index is 9.89. The van der Waals surface area contributed by atoms with E-state index in [1.165, 1.54) is 11.1 Å². The molecule has 0 aliphatic rings. The average Bonchev–Trinajstić information content (AvgIpc) is 1.58. The molecule has 0 atom stereocenters. The summed E-state index contributed by atoms with van der Waals surface area (Å²) in [5.41, 5.74) is 8.39. The molecule has 0 N–H and O–H groups in total. The van der Waals surface area contributed by atoms with E-state index < -0.39 is 66.3 Å². The first kappa shape index (κ1) is 37.4. The zero-order valence-electron chi connectivity index (χ0n) is 53.1. The second kappa shape index (κ2) is 19.9. The van der Waals surface area contributed by atoms with Gasteiger partial charge < -0.3 is 13.9 Å². The molecule has 6 heteroatoms. The van der Waals surface area contributed by atoms with Crippen molar-refractivity contribution in [3.05, 3.63) is 223 Å². The summed E-state index contributed by atoms with van der Waals surface area (Å²) < 4.78 is 110. The Balaban J connectivity index is 0.00000786. The molecule has 0 fully saturated rings. The Bertz CT molecular complexity index is 4290. The van der Waals surface area contributed by atoms with Gasteiger partial charge in [0.1, 0.15) is 5.82 Å². The zero-order valence-corrected chi connectivity index (χ0v) is 44.3. The molecule has 0 bridgehead atoms. The largest absolute Gasteiger partial charge is 0.510 e. The Hall–Kier alpha value is -7.33. The van der Waals surface area contributed by atoms with Crippen molar-refractivity contribution in [1.29, 1.82) is 0 Å². The van der Waals surface area contributed by atoms with Gasteiger partial charge in [0.05, 0.1) is 30.4 Å². The number of hydrogen-bond donors (Lipinski definition) is 0. The number of benzene rings is 8. The summed E-state index contributed by atoms with van der Waals surface area (Å²) in [4.78, 5) is 5.19. The quantitative estimate of drug-likeness (QED) is 0.0956. The Kier molecular flexibility index (Phi) is 10.2. The molecule has 0 amide bonds. The van der Waals surface area contributed by atoms with Crippen molar-refractivity contribution in [3.8, 4) is 62.1 Å². The third-order valence-corrected chi connectivity index (χ3v) is 13.5. The Morgan fingerprint density at radius 3 is 1.90 bits per heavy atom. The van der Waals surface area contributed by atoms with E-state index in [1.807, 2.05) is 48.7 Å². The van der Waals surface area contributed by atoms with E-state index in [4.69, 9.17) is 23.4 Å². The Morgan fingerprint density at radius 1 is 0.616 bits per heavy atom. The molecule has 0 radical (unpaired) electrons. The molecular weight excluding hydrogens is 1070 g/mol. The van der Waals surface area contributed by atoms with E-state index in [-0.39, 0.29) is 59.8 Å². The minimum atomic E-state index is -0.908. The van der Waals surface area contributed by atoms with Gasteiger partial charge in [0.15, 0.2) is 0 Å². The van der Waals surface area contributed by atoms with Crippen LogP contribution in [0, 0.1) is 18.5 Å². The predicted octanol–water partition coefficient (Wildman–Crippen LogP) is 17.1. The van der Waals surface area contributed by atoms with Crippen LogP contribution >= 0.6 is 0 Å². The number of ether oxygens (including phenoxy) is 1. The van der Waals surface area contributed by atoms with Gasteiger partial charge in [-0.05, 0) is 97.3 Å². The van der Waals surface area contributed by atoms with Gasteiger partial charge >= 0.3 is 0 Å². The predicted molar refractivity (Wildman–Crippen MR) is 297 cm³/mol. The van der Waals surface area contributed by atoms with Crippen molar-refractivity contribution in [3.63, 3.8) is 0 Å². The number of imidazole rings is 1. The van der Waals surface area contributed by atoms with Crippen LogP contribution in [0.5, 0.6) is 11.5 Å². The van der Waals surface area contributed by atoms with E-state index in [2.05, 4.69) is 127 Å². The van der Waals surface area contributed by atoms with Crippen LogP contribution < -0.4 is 9.30 Å². The molecule has 3 aromatic heterocycles. The number of rotatable bonds is 11. The van der Waals surface area contributed by atoms with Gasteiger partial charge in [0.25, 0.3) is 6.33 Å². The third-order valence-electron chi connectivity index (χ3n) is 13.5. The number of hydrogen-bond acceptors (Lipinski definition) is 2. The first-order valence-corrected chi connectivity index (χ1v) is 24.4. The van der Waals surface area contributed by atoms with E-state index in [0.29, 0.717) is 46.9 Å². The molecule has 0 saturated heterocycles. The van der Waals surface area contributed by atoms with Gasteiger partial charge in [-0.15, -0.1) is 29.7 Å². The van der Waals surface area contributed by atoms with Crippen molar-refractivity contribution >= 4 is 32.8 Å². The van der Waals surface area contributed by atoms with Crippen molar-refractivity contribution in [2.45, 2.75) is 85.0 Å². The van der Waals surface area contributed by atoms with Gasteiger partial charge in [-0.25, -0.2) is 4.98 Å². The van der Waals surface area contributed by atoms with Crippen molar-refractivity contribution in [2.75, 3.05) is 0 Å². The van der Waals surface area contributed by atoms with E-state index in [1.54, 1.807) is 39.5 Å². The molecule has 73 heavy (non-hydrogen) atoms. The van der Waals surface area contributed by atoms with Crippen LogP contribution in [-0.4, -0.2) is 14.1 Å². The van der Waals surface area contributed by atoms with Crippen LogP contribution in [0.1, 0.15) is 106 Å². The summed E-state index contributed by atoms with van der Waals surface area (Å²) in [6.45, 7) is 17.3. The summed E-state index contributed by atoms with van der Waals surface area (Å²) in [6.07, 6.45) is 6.52. The summed E-state index contributed by atoms with van der Waals surface area (Å²) in [6, 6.07) is 40.3. The number of para-hydroxylation sites is 3. The Labute approximate surface area is 460 Å². The van der Waals surface area contributed by atoms with Crippen molar-refractivity contribution in [2.24, 2.45) is 0 Å². The molecule has 0 unspecified atom stereocenters. The summed E-state index contributed by atoms with van der Waals surface area (Å²) in [7, 11) is 0. The molecule has 3 heterocycles. The standard InChI is InChI=1S/C67H60N4O.Pt/c1-9-45(10-2)57-42-64(68-43-59(57)48-31-33-49(34-32-48)66(3,4)5)71-60-38-35-50(67(6,7)8)39-58(60)56-37-36-53(41-63(56)71)72-52-26-19-25-51(40-52)69-44-70(62-30-18-17-29-61(62)69)65-54(46-21-13-11-14-22-46)27-20-28-55(65)47-23-15-12-16-24-47;/h11-39,42-43,45H,9-10H2,1-8H3;/q-2;/i11D,12D,13D,14D,15D,16D,21D,22D,23D,24D,45D;.